The molecule has 2 rings (SSSR count). The Labute approximate surface area is 129 Å². The number of rotatable bonds is 4. The number of thiocarbonyl (C=S) groups is 1. The molecule has 0 radical (unpaired) electrons. The van der Waals surface area contributed by atoms with Crippen molar-refractivity contribution < 1.29 is 4.79 Å². The molecular weight excluding hydrogens is 288 g/mol. The van der Waals surface area contributed by atoms with E-state index in [1.54, 1.807) is 13.1 Å². The highest BCUT2D eigenvalue weighted by Crippen LogP contribution is 2.14. The third-order valence-corrected chi connectivity index (χ3v) is 4.05. The van der Waals surface area contributed by atoms with Crippen LogP contribution < -0.4 is 16.0 Å². The first-order chi connectivity index (χ1) is 10.0. The van der Waals surface area contributed by atoms with E-state index < -0.39 is 0 Å². The molecule has 1 aromatic rings. The van der Waals surface area contributed by atoms with E-state index in [2.05, 4.69) is 25.3 Å². The van der Waals surface area contributed by atoms with Crippen LogP contribution in [0.4, 0.5) is 5.82 Å². The fraction of sp³-hybridized carbons (Fsp3) is 0.538. The Hall–Kier alpha value is -1.80. The molecule has 1 amide bonds. The fourth-order valence-corrected chi connectivity index (χ4v) is 2.41. The summed E-state index contributed by atoms with van der Waals surface area (Å²) in [6.45, 7) is 5.44. The number of hydrogen-bond acceptors (Lipinski definition) is 6. The van der Waals surface area contributed by atoms with Gasteiger partial charge in [-0.15, -0.1) is 10.2 Å². The molecule has 1 aliphatic rings. The number of anilines is 1. The van der Waals surface area contributed by atoms with Crippen LogP contribution in [0.1, 0.15) is 17.4 Å². The Morgan fingerprint density at radius 1 is 1.33 bits per heavy atom. The van der Waals surface area contributed by atoms with Gasteiger partial charge in [-0.2, -0.15) is 0 Å². The smallest absolute Gasteiger partial charge is 0.271 e. The average Bonchev–Trinajstić information content (AvgIpc) is 2.53. The van der Waals surface area contributed by atoms with Gasteiger partial charge in [0.25, 0.3) is 5.91 Å². The Morgan fingerprint density at radius 3 is 2.48 bits per heavy atom. The van der Waals surface area contributed by atoms with E-state index in [9.17, 15) is 4.79 Å². The van der Waals surface area contributed by atoms with Gasteiger partial charge < -0.3 is 16.0 Å². The van der Waals surface area contributed by atoms with Crippen LogP contribution in [0.25, 0.3) is 0 Å². The summed E-state index contributed by atoms with van der Waals surface area (Å²) in [5.41, 5.74) is 6.01. The predicted octanol–water partition coefficient (Wildman–Crippen LogP) is -0.367. The topological polar surface area (TPSA) is 87.4 Å². The number of amides is 1. The van der Waals surface area contributed by atoms with Crippen molar-refractivity contribution in [1.82, 2.24) is 20.4 Å². The molecule has 0 aromatic carbocycles. The van der Waals surface area contributed by atoms with Gasteiger partial charge in [-0.1, -0.05) is 12.2 Å². The second kappa shape index (κ2) is 6.77. The summed E-state index contributed by atoms with van der Waals surface area (Å²) in [6.07, 6.45) is 0. The number of nitrogens with two attached hydrogens (primary N) is 1. The van der Waals surface area contributed by atoms with Crippen LogP contribution >= 0.6 is 12.2 Å². The van der Waals surface area contributed by atoms with E-state index in [4.69, 9.17) is 18.0 Å². The van der Waals surface area contributed by atoms with Gasteiger partial charge in [-0.05, 0) is 19.1 Å². The second-order valence-corrected chi connectivity index (χ2v) is 5.43. The number of carbonyl (C=O) groups is 1. The van der Waals surface area contributed by atoms with Crippen molar-refractivity contribution in [2.75, 3.05) is 38.1 Å². The maximum Gasteiger partial charge on any atom is 0.271 e. The zero-order valence-electron chi connectivity index (χ0n) is 12.2. The lowest BCUT2D eigenvalue weighted by Gasteiger charge is -2.37. The van der Waals surface area contributed by atoms with Crippen molar-refractivity contribution in [3.63, 3.8) is 0 Å². The van der Waals surface area contributed by atoms with Crippen LogP contribution in [0.2, 0.25) is 0 Å². The van der Waals surface area contributed by atoms with Gasteiger partial charge in [0.2, 0.25) is 0 Å². The lowest BCUT2D eigenvalue weighted by molar-refractivity contribution is 0.0957. The molecule has 1 atom stereocenters. The SMILES string of the molecule is CNC(=O)c1ccc(N2CCN(C(C)C(N)=S)CC2)nn1. The van der Waals surface area contributed by atoms with Crippen LogP contribution in [0.5, 0.6) is 0 Å². The second-order valence-electron chi connectivity index (χ2n) is 4.96. The molecule has 1 unspecified atom stereocenters. The molecule has 2 heterocycles. The van der Waals surface area contributed by atoms with Gasteiger partial charge in [0.05, 0.1) is 11.0 Å². The summed E-state index contributed by atoms with van der Waals surface area (Å²) >= 11 is 5.03. The largest absolute Gasteiger partial charge is 0.392 e. The van der Waals surface area contributed by atoms with E-state index in [0.29, 0.717) is 10.7 Å². The highest BCUT2D eigenvalue weighted by atomic mass is 32.1. The Kier molecular flexibility index (Phi) is 5.03. The quantitative estimate of drug-likeness (QED) is 0.734. The normalized spacial score (nSPS) is 17.3. The molecule has 1 saturated heterocycles. The summed E-state index contributed by atoms with van der Waals surface area (Å²) in [7, 11) is 1.57. The van der Waals surface area contributed by atoms with Crippen molar-refractivity contribution in [2.24, 2.45) is 5.73 Å². The molecule has 0 aliphatic carbocycles. The van der Waals surface area contributed by atoms with Crippen molar-refractivity contribution in [3.8, 4) is 0 Å². The van der Waals surface area contributed by atoms with E-state index >= 15 is 0 Å². The first-order valence-corrected chi connectivity index (χ1v) is 7.28. The third-order valence-electron chi connectivity index (χ3n) is 3.71. The van der Waals surface area contributed by atoms with Crippen LogP contribution in [-0.4, -0.2) is 65.3 Å². The number of nitrogens with zero attached hydrogens (tertiary/aromatic N) is 4. The van der Waals surface area contributed by atoms with Gasteiger partial charge in [0.1, 0.15) is 0 Å². The van der Waals surface area contributed by atoms with Crippen LogP contribution in [0, 0.1) is 0 Å². The number of hydrogen-bond donors (Lipinski definition) is 2. The molecule has 1 aliphatic heterocycles. The summed E-state index contributed by atoms with van der Waals surface area (Å²) in [4.78, 5) is 16.3. The number of piperazine rings is 1. The van der Waals surface area contributed by atoms with E-state index in [1.807, 2.05) is 13.0 Å². The molecule has 114 valence electrons. The number of carbonyl (C=O) groups excluding carboxylic acids is 1. The van der Waals surface area contributed by atoms with Gasteiger partial charge in [0.15, 0.2) is 11.5 Å². The molecule has 0 saturated carbocycles. The zero-order chi connectivity index (χ0) is 15.4. The standard InChI is InChI=1S/C13H20N6OS/c1-9(12(14)21)18-5-7-19(8-6-18)11-4-3-10(16-17-11)13(20)15-2/h3-4,9H,5-8H2,1-2H3,(H2,14,21)(H,15,20). The summed E-state index contributed by atoms with van der Waals surface area (Å²) in [5.74, 6) is 0.550. The van der Waals surface area contributed by atoms with E-state index in [1.165, 1.54) is 0 Å². The van der Waals surface area contributed by atoms with Gasteiger partial charge in [-0.25, -0.2) is 0 Å². The molecule has 7 nitrogen and oxygen atoms in total. The van der Waals surface area contributed by atoms with Crippen LogP contribution in [0.3, 0.4) is 0 Å². The molecule has 0 bridgehead atoms. The van der Waals surface area contributed by atoms with Crippen molar-refractivity contribution >= 4 is 28.9 Å². The van der Waals surface area contributed by atoms with E-state index in [-0.39, 0.29) is 11.9 Å². The first-order valence-electron chi connectivity index (χ1n) is 6.87. The fourth-order valence-electron chi connectivity index (χ4n) is 2.26. The maximum atomic E-state index is 11.4. The van der Waals surface area contributed by atoms with Crippen molar-refractivity contribution in [2.45, 2.75) is 13.0 Å². The van der Waals surface area contributed by atoms with E-state index in [0.717, 1.165) is 32.0 Å². The highest BCUT2D eigenvalue weighted by Gasteiger charge is 2.23. The Balaban J connectivity index is 1.96. The highest BCUT2D eigenvalue weighted by molar-refractivity contribution is 7.80. The van der Waals surface area contributed by atoms with Crippen molar-refractivity contribution in [1.29, 1.82) is 0 Å². The van der Waals surface area contributed by atoms with Crippen LogP contribution in [-0.2, 0) is 0 Å². The molecule has 21 heavy (non-hydrogen) atoms. The first kappa shape index (κ1) is 15.6. The van der Waals surface area contributed by atoms with Gasteiger partial charge in [0, 0.05) is 33.2 Å². The summed E-state index contributed by atoms with van der Waals surface area (Å²) in [5, 5.41) is 10.6. The Morgan fingerprint density at radius 2 is 2.00 bits per heavy atom. The lowest BCUT2D eigenvalue weighted by atomic mass is 10.2. The minimum atomic E-state index is -0.232. The summed E-state index contributed by atoms with van der Waals surface area (Å²) < 4.78 is 0. The molecule has 1 fully saturated rings. The molecule has 3 N–H and O–H groups in total. The molecule has 0 spiro atoms. The van der Waals surface area contributed by atoms with Crippen molar-refractivity contribution in [3.05, 3.63) is 17.8 Å². The molecular formula is C13H20N6OS. The number of nitrogens with one attached hydrogen (secondary N) is 1. The maximum absolute atomic E-state index is 11.4. The van der Waals surface area contributed by atoms with Gasteiger partial charge in [-0.3, -0.25) is 9.69 Å². The monoisotopic (exact) mass is 308 g/mol. The lowest BCUT2D eigenvalue weighted by Crippen LogP contribution is -2.53. The minimum Gasteiger partial charge on any atom is -0.392 e. The minimum absolute atomic E-state index is 0.115. The summed E-state index contributed by atoms with van der Waals surface area (Å²) in [6, 6.07) is 3.62. The van der Waals surface area contributed by atoms with Crippen LogP contribution in [0.15, 0.2) is 12.1 Å². The average molecular weight is 308 g/mol. The van der Waals surface area contributed by atoms with Gasteiger partial charge >= 0.3 is 0 Å². The Bertz CT molecular complexity index is 512. The zero-order valence-corrected chi connectivity index (χ0v) is 13.1. The molecule has 1 aromatic heterocycles. The third kappa shape index (κ3) is 3.64. The predicted molar refractivity (Wildman–Crippen MR) is 85.5 cm³/mol. The molecule has 8 heteroatoms. The number of aromatic nitrogens is 2.